The second kappa shape index (κ2) is 7.07. The number of amides is 1. The van der Waals surface area contributed by atoms with E-state index in [9.17, 15) is 14.3 Å². The largest absolute Gasteiger partial charge is 0.444 e. The van der Waals surface area contributed by atoms with E-state index >= 15 is 0 Å². The Labute approximate surface area is 142 Å². The second-order valence-corrected chi connectivity index (χ2v) is 7.54. The van der Waals surface area contributed by atoms with Crippen molar-refractivity contribution in [3.8, 4) is 0 Å². The number of nitrogens with one attached hydrogen (secondary N) is 1. The molecule has 0 atom stereocenters. The van der Waals surface area contributed by atoms with Gasteiger partial charge >= 0.3 is 6.09 Å². The Morgan fingerprint density at radius 1 is 1.42 bits per heavy atom. The van der Waals surface area contributed by atoms with Crippen LogP contribution in [0.15, 0.2) is 18.2 Å². The average Bonchev–Trinajstić information content (AvgIpc) is 2.47. The molecule has 4 N–H and O–H groups in total. The van der Waals surface area contributed by atoms with Gasteiger partial charge in [-0.05, 0) is 64.2 Å². The van der Waals surface area contributed by atoms with E-state index in [0.29, 0.717) is 43.5 Å². The molecule has 2 rings (SSSR count). The highest BCUT2D eigenvalue weighted by Gasteiger charge is 2.37. The van der Waals surface area contributed by atoms with E-state index in [0.717, 1.165) is 0 Å². The molecule has 0 saturated heterocycles. The van der Waals surface area contributed by atoms with Crippen LogP contribution < -0.4 is 11.1 Å². The first kappa shape index (κ1) is 18.7. The summed E-state index contributed by atoms with van der Waals surface area (Å²) >= 11 is 0. The molecular formula is C18H27FN2O3. The summed E-state index contributed by atoms with van der Waals surface area (Å²) in [6, 6.07) is 4.62. The van der Waals surface area contributed by atoms with Crippen LogP contribution in [0.25, 0.3) is 0 Å². The van der Waals surface area contributed by atoms with Crippen molar-refractivity contribution >= 4 is 11.8 Å². The quantitative estimate of drug-likeness (QED) is 0.789. The second-order valence-electron chi connectivity index (χ2n) is 7.54. The number of rotatable bonds is 3. The van der Waals surface area contributed by atoms with E-state index in [1.54, 1.807) is 32.9 Å². The molecule has 0 unspecified atom stereocenters. The molecule has 0 aromatic heterocycles. The molecule has 134 valence electrons. The zero-order valence-electron chi connectivity index (χ0n) is 14.6. The summed E-state index contributed by atoms with van der Waals surface area (Å²) in [5.41, 5.74) is 5.76. The van der Waals surface area contributed by atoms with Crippen LogP contribution in [0.5, 0.6) is 0 Å². The van der Waals surface area contributed by atoms with Gasteiger partial charge in [-0.2, -0.15) is 0 Å². The fraction of sp³-hybridized carbons (Fsp3) is 0.611. The number of hydrogen-bond acceptors (Lipinski definition) is 4. The van der Waals surface area contributed by atoms with Gasteiger partial charge in [0, 0.05) is 17.6 Å². The summed E-state index contributed by atoms with van der Waals surface area (Å²) in [5, 5.41) is 12.2. The molecule has 1 fully saturated rings. The number of nitrogens with two attached hydrogens (primary N) is 1. The molecule has 1 saturated carbocycles. The van der Waals surface area contributed by atoms with Gasteiger partial charge in [0.05, 0.1) is 6.10 Å². The molecule has 24 heavy (non-hydrogen) atoms. The third kappa shape index (κ3) is 4.45. The maximum Gasteiger partial charge on any atom is 0.412 e. The van der Waals surface area contributed by atoms with Crippen molar-refractivity contribution in [2.45, 2.75) is 63.6 Å². The molecule has 1 aromatic rings. The molecule has 0 heterocycles. The molecule has 1 amide bonds. The Kier molecular flexibility index (Phi) is 5.50. The Hall–Kier alpha value is -1.66. The smallest absolute Gasteiger partial charge is 0.412 e. The monoisotopic (exact) mass is 338 g/mol. The zero-order chi connectivity index (χ0) is 18.0. The Morgan fingerprint density at radius 3 is 2.54 bits per heavy atom. The number of carbonyl (C=O) groups excluding carboxylic acids is 1. The molecule has 1 aromatic carbocycles. The van der Waals surface area contributed by atoms with Crippen molar-refractivity contribution in [2.24, 2.45) is 5.73 Å². The minimum absolute atomic E-state index is 0.329. The topological polar surface area (TPSA) is 84.6 Å². The lowest BCUT2D eigenvalue weighted by molar-refractivity contribution is 0.0636. The normalized spacial score (nSPS) is 24.5. The number of carbonyl (C=O) groups is 1. The third-order valence-corrected chi connectivity index (χ3v) is 4.49. The fourth-order valence-electron chi connectivity index (χ4n) is 3.18. The van der Waals surface area contributed by atoms with Crippen LogP contribution in [0.2, 0.25) is 0 Å². The van der Waals surface area contributed by atoms with E-state index in [1.807, 2.05) is 0 Å². The molecule has 1 aliphatic carbocycles. The first-order valence-corrected chi connectivity index (χ1v) is 8.33. The molecule has 0 bridgehead atoms. The van der Waals surface area contributed by atoms with Crippen molar-refractivity contribution in [1.29, 1.82) is 0 Å². The van der Waals surface area contributed by atoms with Gasteiger partial charge in [-0.1, -0.05) is 6.07 Å². The van der Waals surface area contributed by atoms with Gasteiger partial charge in [0.15, 0.2) is 0 Å². The van der Waals surface area contributed by atoms with Crippen LogP contribution in [0.4, 0.5) is 14.9 Å². The lowest BCUT2D eigenvalue weighted by atomic mass is 9.68. The Bertz CT molecular complexity index is 590. The fourth-order valence-corrected chi connectivity index (χ4v) is 3.18. The Morgan fingerprint density at radius 2 is 2.04 bits per heavy atom. The van der Waals surface area contributed by atoms with Crippen molar-refractivity contribution in [1.82, 2.24) is 0 Å². The van der Waals surface area contributed by atoms with Gasteiger partial charge in [-0.25, -0.2) is 9.18 Å². The molecule has 0 radical (unpaired) electrons. The third-order valence-electron chi connectivity index (χ3n) is 4.49. The van der Waals surface area contributed by atoms with Gasteiger partial charge in [-0.15, -0.1) is 0 Å². The Balaban J connectivity index is 2.16. The van der Waals surface area contributed by atoms with Crippen molar-refractivity contribution in [3.63, 3.8) is 0 Å². The van der Waals surface area contributed by atoms with Crippen LogP contribution >= 0.6 is 0 Å². The van der Waals surface area contributed by atoms with Crippen molar-refractivity contribution in [2.75, 3.05) is 11.9 Å². The average molecular weight is 338 g/mol. The first-order chi connectivity index (χ1) is 11.1. The molecule has 0 spiro atoms. The van der Waals surface area contributed by atoms with E-state index in [1.165, 1.54) is 6.07 Å². The summed E-state index contributed by atoms with van der Waals surface area (Å²) in [7, 11) is 0. The van der Waals surface area contributed by atoms with Crippen LogP contribution in [0.1, 0.15) is 52.0 Å². The molecule has 1 aliphatic rings. The van der Waals surface area contributed by atoms with Crippen molar-refractivity contribution < 1.29 is 19.0 Å². The summed E-state index contributed by atoms with van der Waals surface area (Å²) in [6.07, 6.45) is 1.59. The van der Waals surface area contributed by atoms with E-state index in [4.69, 9.17) is 10.5 Å². The number of benzene rings is 1. The zero-order valence-corrected chi connectivity index (χ0v) is 14.6. The van der Waals surface area contributed by atoms with Gasteiger partial charge in [-0.3, -0.25) is 5.32 Å². The summed E-state index contributed by atoms with van der Waals surface area (Å²) < 4.78 is 19.8. The van der Waals surface area contributed by atoms with Gasteiger partial charge in [0.1, 0.15) is 11.4 Å². The van der Waals surface area contributed by atoms with Crippen LogP contribution in [0.3, 0.4) is 0 Å². The maximum atomic E-state index is 14.6. The first-order valence-electron chi connectivity index (χ1n) is 8.33. The van der Waals surface area contributed by atoms with Crippen LogP contribution in [0, 0.1) is 5.82 Å². The summed E-state index contributed by atoms with van der Waals surface area (Å²) in [5.74, 6) is -0.398. The highest BCUT2D eigenvalue weighted by atomic mass is 19.1. The lowest BCUT2D eigenvalue weighted by Gasteiger charge is -2.38. The van der Waals surface area contributed by atoms with Gasteiger partial charge in [0.2, 0.25) is 0 Å². The number of halogens is 1. The maximum absolute atomic E-state index is 14.6. The minimum Gasteiger partial charge on any atom is -0.444 e. The molecule has 6 heteroatoms. The molecular weight excluding hydrogens is 311 g/mol. The van der Waals surface area contributed by atoms with Crippen LogP contribution in [-0.2, 0) is 10.2 Å². The van der Waals surface area contributed by atoms with Gasteiger partial charge < -0.3 is 15.6 Å². The number of anilines is 1. The number of hydrogen-bond donors (Lipinski definition) is 3. The van der Waals surface area contributed by atoms with E-state index in [2.05, 4.69) is 5.32 Å². The number of ether oxygens (including phenoxy) is 1. The van der Waals surface area contributed by atoms with E-state index < -0.39 is 22.9 Å². The summed E-state index contributed by atoms with van der Waals surface area (Å²) in [6.45, 7) is 5.62. The molecule has 0 aliphatic heterocycles. The molecule has 5 nitrogen and oxygen atoms in total. The van der Waals surface area contributed by atoms with Crippen molar-refractivity contribution in [3.05, 3.63) is 29.6 Å². The predicted molar refractivity (Wildman–Crippen MR) is 91.5 cm³/mol. The number of aliphatic hydroxyl groups excluding tert-OH is 1. The standard InChI is InChI=1S/C18H27FN2O3/c1-17(2,3)24-16(23)21-12-4-5-14(15(19)10-12)18(11-20)8-6-13(22)7-9-18/h4-5,10,13,22H,6-9,11,20H2,1-3H3,(H,21,23). The predicted octanol–water partition coefficient (Wildman–Crippen LogP) is 3.30. The minimum atomic E-state index is -0.621. The lowest BCUT2D eigenvalue weighted by Crippen LogP contribution is -2.40. The van der Waals surface area contributed by atoms with E-state index in [-0.39, 0.29) is 6.10 Å². The van der Waals surface area contributed by atoms with Crippen LogP contribution in [-0.4, -0.2) is 29.4 Å². The highest BCUT2D eigenvalue weighted by Crippen LogP contribution is 2.40. The summed E-state index contributed by atoms with van der Waals surface area (Å²) in [4.78, 5) is 11.8. The SMILES string of the molecule is CC(C)(C)OC(=O)Nc1ccc(C2(CN)CCC(O)CC2)c(F)c1. The van der Waals surface area contributed by atoms with Gasteiger partial charge in [0.25, 0.3) is 0 Å². The highest BCUT2D eigenvalue weighted by molar-refractivity contribution is 5.84. The number of aliphatic hydroxyl groups is 1.